The van der Waals surface area contributed by atoms with Crippen LogP contribution in [0.25, 0.3) is 0 Å². The molecule has 2 heterocycles. The summed E-state index contributed by atoms with van der Waals surface area (Å²) in [4.78, 5) is 6.98. The smallest absolute Gasteiger partial charge is 0.128 e. The predicted molar refractivity (Wildman–Crippen MR) is 87.8 cm³/mol. The molecule has 2 rings (SSSR count). The van der Waals surface area contributed by atoms with Crippen LogP contribution in [-0.2, 0) is 4.74 Å². The Morgan fingerprint density at radius 3 is 3.14 bits per heavy atom. The molecule has 21 heavy (non-hydrogen) atoms. The van der Waals surface area contributed by atoms with Gasteiger partial charge in [-0.3, -0.25) is 0 Å². The topological polar surface area (TPSA) is 37.4 Å². The van der Waals surface area contributed by atoms with E-state index < -0.39 is 0 Å². The van der Waals surface area contributed by atoms with E-state index in [2.05, 4.69) is 41.2 Å². The van der Waals surface area contributed by atoms with Gasteiger partial charge in [0.2, 0.25) is 0 Å². The largest absolute Gasteiger partial charge is 0.384 e. The molecule has 0 amide bonds. The number of aromatic nitrogens is 1. The van der Waals surface area contributed by atoms with Gasteiger partial charge in [0.25, 0.3) is 0 Å². The number of ether oxygens (including phenoxy) is 1. The van der Waals surface area contributed by atoms with Gasteiger partial charge in [-0.15, -0.1) is 0 Å². The number of nitrogens with one attached hydrogen (secondary N) is 1. The van der Waals surface area contributed by atoms with Crippen LogP contribution in [0.3, 0.4) is 0 Å². The lowest BCUT2D eigenvalue weighted by Crippen LogP contribution is -2.37. The number of anilines is 1. The normalized spacial score (nSPS) is 20.5. The second kappa shape index (κ2) is 8.35. The van der Waals surface area contributed by atoms with Crippen molar-refractivity contribution in [1.82, 2.24) is 10.3 Å². The van der Waals surface area contributed by atoms with Gasteiger partial charge in [0.05, 0.1) is 6.61 Å². The Kier molecular flexibility index (Phi) is 6.46. The van der Waals surface area contributed by atoms with E-state index in [1.807, 2.05) is 6.20 Å². The fourth-order valence-corrected chi connectivity index (χ4v) is 3.00. The van der Waals surface area contributed by atoms with Gasteiger partial charge in [-0.2, -0.15) is 0 Å². The zero-order valence-corrected chi connectivity index (χ0v) is 13.6. The molecule has 0 spiro atoms. The van der Waals surface area contributed by atoms with E-state index >= 15 is 0 Å². The molecule has 4 nitrogen and oxygen atoms in total. The third-order valence-electron chi connectivity index (χ3n) is 4.22. The Morgan fingerprint density at radius 2 is 2.38 bits per heavy atom. The van der Waals surface area contributed by atoms with Gasteiger partial charge in [0, 0.05) is 32.4 Å². The number of methoxy groups -OCH3 is 1. The van der Waals surface area contributed by atoms with Gasteiger partial charge in [0.1, 0.15) is 5.82 Å². The minimum absolute atomic E-state index is 0.381. The first-order chi connectivity index (χ1) is 10.2. The highest BCUT2D eigenvalue weighted by atomic mass is 16.5. The number of piperidine rings is 1. The van der Waals surface area contributed by atoms with Crippen molar-refractivity contribution >= 4 is 5.82 Å². The molecule has 2 unspecified atom stereocenters. The summed E-state index contributed by atoms with van der Waals surface area (Å²) in [6.07, 6.45) is 5.59. The van der Waals surface area contributed by atoms with E-state index in [4.69, 9.17) is 4.74 Å². The first-order valence-electron chi connectivity index (χ1n) is 8.17. The number of rotatable bonds is 7. The molecule has 1 aromatic heterocycles. The van der Waals surface area contributed by atoms with E-state index in [1.165, 1.54) is 18.4 Å². The Labute approximate surface area is 128 Å². The quantitative estimate of drug-likeness (QED) is 0.838. The van der Waals surface area contributed by atoms with Crippen molar-refractivity contribution in [1.29, 1.82) is 0 Å². The molecule has 0 radical (unpaired) electrons. The second-order valence-corrected chi connectivity index (χ2v) is 6.03. The lowest BCUT2D eigenvalue weighted by atomic mass is 9.99. The molecule has 0 bridgehead atoms. The maximum absolute atomic E-state index is 5.31. The SMILES string of the molecule is CCCNC(C)c1ccnc(N2CCCC(COC)C2)c1. The first kappa shape index (κ1) is 16.2. The summed E-state index contributed by atoms with van der Waals surface area (Å²) in [5.74, 6) is 1.74. The van der Waals surface area contributed by atoms with Crippen molar-refractivity contribution < 1.29 is 4.74 Å². The van der Waals surface area contributed by atoms with E-state index in [-0.39, 0.29) is 0 Å². The molecule has 1 aliphatic heterocycles. The maximum atomic E-state index is 5.31. The molecule has 0 saturated carbocycles. The van der Waals surface area contributed by atoms with E-state index in [0.717, 1.165) is 38.5 Å². The molecular weight excluding hydrogens is 262 g/mol. The third kappa shape index (κ3) is 4.68. The number of pyridine rings is 1. The highest BCUT2D eigenvalue weighted by Crippen LogP contribution is 2.24. The Hall–Kier alpha value is -1.13. The van der Waals surface area contributed by atoms with Gasteiger partial charge in [-0.25, -0.2) is 4.98 Å². The van der Waals surface area contributed by atoms with Crippen molar-refractivity contribution in [2.75, 3.05) is 38.3 Å². The number of hydrogen-bond acceptors (Lipinski definition) is 4. The summed E-state index contributed by atoms with van der Waals surface area (Å²) in [5.41, 5.74) is 1.32. The predicted octanol–water partition coefficient (Wildman–Crippen LogP) is 3.01. The van der Waals surface area contributed by atoms with Gasteiger partial charge in [-0.1, -0.05) is 6.92 Å². The van der Waals surface area contributed by atoms with Crippen LogP contribution in [0.4, 0.5) is 5.82 Å². The lowest BCUT2D eigenvalue weighted by molar-refractivity contribution is 0.143. The summed E-state index contributed by atoms with van der Waals surface area (Å²) in [5, 5.41) is 3.54. The fourth-order valence-electron chi connectivity index (χ4n) is 3.00. The molecule has 1 aliphatic rings. The molecule has 1 saturated heterocycles. The summed E-state index contributed by atoms with van der Waals surface area (Å²) in [6, 6.07) is 4.74. The molecule has 0 aromatic carbocycles. The van der Waals surface area contributed by atoms with E-state index in [9.17, 15) is 0 Å². The lowest BCUT2D eigenvalue weighted by Gasteiger charge is -2.33. The van der Waals surface area contributed by atoms with Crippen LogP contribution >= 0.6 is 0 Å². The fraction of sp³-hybridized carbons (Fsp3) is 0.706. The van der Waals surface area contributed by atoms with Crippen LogP contribution in [0.2, 0.25) is 0 Å². The maximum Gasteiger partial charge on any atom is 0.128 e. The monoisotopic (exact) mass is 291 g/mol. The highest BCUT2D eigenvalue weighted by Gasteiger charge is 2.21. The number of hydrogen-bond donors (Lipinski definition) is 1. The average molecular weight is 291 g/mol. The summed E-state index contributed by atoms with van der Waals surface area (Å²) < 4.78 is 5.31. The molecule has 4 heteroatoms. The third-order valence-corrected chi connectivity index (χ3v) is 4.22. The molecule has 118 valence electrons. The number of nitrogens with zero attached hydrogens (tertiary/aromatic N) is 2. The van der Waals surface area contributed by atoms with Crippen LogP contribution < -0.4 is 10.2 Å². The van der Waals surface area contributed by atoms with Crippen molar-refractivity contribution in [2.45, 2.75) is 39.2 Å². The summed E-state index contributed by atoms with van der Waals surface area (Å²) in [7, 11) is 1.79. The van der Waals surface area contributed by atoms with Crippen LogP contribution in [-0.4, -0.2) is 38.3 Å². The molecule has 1 fully saturated rings. The minimum atomic E-state index is 0.381. The highest BCUT2D eigenvalue weighted by molar-refractivity contribution is 5.42. The molecule has 2 atom stereocenters. The minimum Gasteiger partial charge on any atom is -0.384 e. The van der Waals surface area contributed by atoms with Gasteiger partial charge >= 0.3 is 0 Å². The Morgan fingerprint density at radius 1 is 1.52 bits per heavy atom. The van der Waals surface area contributed by atoms with E-state index in [1.54, 1.807) is 7.11 Å². The van der Waals surface area contributed by atoms with Crippen LogP contribution in [0, 0.1) is 5.92 Å². The van der Waals surface area contributed by atoms with Crippen LogP contribution in [0.15, 0.2) is 18.3 Å². The summed E-state index contributed by atoms with van der Waals surface area (Å²) in [6.45, 7) is 8.48. The van der Waals surface area contributed by atoms with Crippen LogP contribution in [0.1, 0.15) is 44.7 Å². The molecule has 0 aliphatic carbocycles. The zero-order chi connectivity index (χ0) is 15.1. The van der Waals surface area contributed by atoms with Crippen LogP contribution in [0.5, 0.6) is 0 Å². The zero-order valence-electron chi connectivity index (χ0n) is 13.6. The van der Waals surface area contributed by atoms with Crippen molar-refractivity contribution in [3.05, 3.63) is 23.9 Å². The first-order valence-corrected chi connectivity index (χ1v) is 8.17. The average Bonchev–Trinajstić information content (AvgIpc) is 2.53. The van der Waals surface area contributed by atoms with Gasteiger partial charge in [-0.05, 0) is 56.3 Å². The van der Waals surface area contributed by atoms with E-state index in [0.29, 0.717) is 12.0 Å². The van der Waals surface area contributed by atoms with Crippen molar-refractivity contribution in [3.63, 3.8) is 0 Å². The summed E-state index contributed by atoms with van der Waals surface area (Å²) >= 11 is 0. The molecular formula is C17H29N3O. The molecule has 1 N–H and O–H groups in total. The second-order valence-electron chi connectivity index (χ2n) is 6.03. The van der Waals surface area contributed by atoms with Gasteiger partial charge in [0.15, 0.2) is 0 Å². The van der Waals surface area contributed by atoms with Crippen molar-refractivity contribution in [2.24, 2.45) is 5.92 Å². The van der Waals surface area contributed by atoms with Gasteiger partial charge < -0.3 is 15.0 Å². The van der Waals surface area contributed by atoms with Crippen molar-refractivity contribution in [3.8, 4) is 0 Å². The Bertz CT molecular complexity index is 422. The standard InChI is InChI=1S/C17H29N3O/c1-4-8-18-14(2)16-7-9-19-17(11-16)20-10-5-6-15(12-20)13-21-3/h7,9,11,14-15,18H,4-6,8,10,12-13H2,1-3H3. The Balaban J connectivity index is 2.02. The molecule has 1 aromatic rings.